The minimum atomic E-state index is -0.764. The van der Waals surface area contributed by atoms with Crippen LogP contribution in [0.5, 0.6) is 5.75 Å². The van der Waals surface area contributed by atoms with Crippen molar-refractivity contribution in [2.45, 2.75) is 38.2 Å². The molecule has 0 aliphatic heterocycles. The molecule has 1 aliphatic carbocycles. The monoisotopic (exact) mass is 250 g/mol. The summed E-state index contributed by atoms with van der Waals surface area (Å²) in [6.07, 6.45) is 6.43. The summed E-state index contributed by atoms with van der Waals surface area (Å²) in [6, 6.07) is 4.59. The molecule has 0 radical (unpaired) electrons. The Balaban J connectivity index is 2.08. The molecule has 1 aromatic rings. The highest BCUT2D eigenvalue weighted by molar-refractivity contribution is 5.30. The van der Waals surface area contributed by atoms with E-state index in [-0.39, 0.29) is 0 Å². The Bertz CT molecular complexity index is 440. The summed E-state index contributed by atoms with van der Waals surface area (Å²) >= 11 is 0. The average Bonchev–Trinajstić information content (AvgIpc) is 2.39. The first-order valence-corrected chi connectivity index (χ1v) is 6.40. The maximum atomic E-state index is 13.8. The molecule has 1 aliphatic rings. The SMILES string of the molecule is COc1ccc(C(O)CC2=CCCCC2)c(F)c1. The van der Waals surface area contributed by atoms with Gasteiger partial charge in [-0.25, -0.2) is 4.39 Å². The topological polar surface area (TPSA) is 29.5 Å². The molecular weight excluding hydrogens is 231 g/mol. The van der Waals surface area contributed by atoms with Gasteiger partial charge < -0.3 is 9.84 Å². The van der Waals surface area contributed by atoms with Crippen LogP contribution in [0.25, 0.3) is 0 Å². The van der Waals surface area contributed by atoms with Gasteiger partial charge in [-0.1, -0.05) is 11.6 Å². The van der Waals surface area contributed by atoms with Crippen molar-refractivity contribution in [1.29, 1.82) is 0 Å². The number of aliphatic hydroxyl groups excluding tert-OH is 1. The van der Waals surface area contributed by atoms with Crippen LogP contribution in [0.15, 0.2) is 29.8 Å². The van der Waals surface area contributed by atoms with Crippen molar-refractivity contribution in [2.24, 2.45) is 0 Å². The molecule has 3 heteroatoms. The van der Waals surface area contributed by atoms with E-state index in [0.717, 1.165) is 12.8 Å². The molecule has 0 bridgehead atoms. The van der Waals surface area contributed by atoms with Gasteiger partial charge in [-0.15, -0.1) is 0 Å². The second kappa shape index (κ2) is 6.01. The number of ether oxygens (including phenoxy) is 1. The first-order valence-electron chi connectivity index (χ1n) is 6.40. The number of aliphatic hydroxyl groups is 1. The number of rotatable bonds is 4. The second-order valence-corrected chi connectivity index (χ2v) is 4.72. The Kier molecular flexibility index (Phi) is 4.37. The predicted octanol–water partition coefficient (Wildman–Crippen LogP) is 3.76. The van der Waals surface area contributed by atoms with Gasteiger partial charge in [0.25, 0.3) is 0 Å². The van der Waals surface area contributed by atoms with E-state index in [2.05, 4.69) is 6.08 Å². The molecule has 98 valence electrons. The van der Waals surface area contributed by atoms with Crippen LogP contribution < -0.4 is 4.74 Å². The van der Waals surface area contributed by atoms with Crippen LogP contribution in [-0.4, -0.2) is 12.2 Å². The van der Waals surface area contributed by atoms with Gasteiger partial charge in [-0.05, 0) is 44.2 Å². The number of hydrogen-bond acceptors (Lipinski definition) is 2. The lowest BCUT2D eigenvalue weighted by Gasteiger charge is -2.17. The van der Waals surface area contributed by atoms with Gasteiger partial charge in [0.05, 0.1) is 13.2 Å². The summed E-state index contributed by atoms with van der Waals surface area (Å²) in [7, 11) is 1.50. The molecule has 0 saturated carbocycles. The molecule has 0 fully saturated rings. The zero-order valence-electron chi connectivity index (χ0n) is 10.7. The van der Waals surface area contributed by atoms with E-state index < -0.39 is 11.9 Å². The standard InChI is InChI=1S/C15H19FO2/c1-18-12-7-8-13(14(16)10-12)15(17)9-11-5-3-2-4-6-11/h5,7-8,10,15,17H,2-4,6,9H2,1H3. The van der Waals surface area contributed by atoms with Gasteiger partial charge in [0.1, 0.15) is 11.6 Å². The Hall–Kier alpha value is -1.35. The fourth-order valence-corrected chi connectivity index (χ4v) is 2.35. The van der Waals surface area contributed by atoms with Gasteiger partial charge in [-0.3, -0.25) is 0 Å². The predicted molar refractivity (Wildman–Crippen MR) is 69.1 cm³/mol. The minimum absolute atomic E-state index is 0.349. The maximum Gasteiger partial charge on any atom is 0.132 e. The van der Waals surface area contributed by atoms with Crippen LogP contribution in [-0.2, 0) is 0 Å². The van der Waals surface area contributed by atoms with Crippen LogP contribution in [0.3, 0.4) is 0 Å². The van der Waals surface area contributed by atoms with Crippen molar-refractivity contribution in [1.82, 2.24) is 0 Å². The van der Waals surface area contributed by atoms with Gasteiger partial charge in [0.15, 0.2) is 0 Å². The molecule has 2 rings (SSSR count). The molecule has 0 saturated heterocycles. The lowest BCUT2D eigenvalue weighted by atomic mass is 9.93. The van der Waals surface area contributed by atoms with Crippen molar-refractivity contribution < 1.29 is 14.2 Å². The van der Waals surface area contributed by atoms with Gasteiger partial charge in [0.2, 0.25) is 0 Å². The van der Waals surface area contributed by atoms with E-state index in [1.165, 1.54) is 31.6 Å². The molecule has 1 N–H and O–H groups in total. The number of hydrogen-bond donors (Lipinski definition) is 1. The quantitative estimate of drug-likeness (QED) is 0.824. The zero-order valence-corrected chi connectivity index (χ0v) is 10.7. The Morgan fingerprint density at radius 1 is 1.39 bits per heavy atom. The van der Waals surface area contributed by atoms with E-state index in [4.69, 9.17) is 4.74 Å². The second-order valence-electron chi connectivity index (χ2n) is 4.72. The van der Waals surface area contributed by atoms with Gasteiger partial charge in [0, 0.05) is 11.6 Å². The van der Waals surface area contributed by atoms with Crippen LogP contribution >= 0.6 is 0 Å². The molecule has 1 unspecified atom stereocenters. The van der Waals surface area contributed by atoms with Gasteiger partial charge >= 0.3 is 0 Å². The lowest BCUT2D eigenvalue weighted by Crippen LogP contribution is -2.04. The molecule has 0 heterocycles. The van der Waals surface area contributed by atoms with Crippen molar-refractivity contribution in [2.75, 3.05) is 7.11 Å². The first-order chi connectivity index (χ1) is 8.70. The normalized spacial score (nSPS) is 17.2. The van der Waals surface area contributed by atoms with Crippen molar-refractivity contribution in [3.05, 3.63) is 41.2 Å². The Morgan fingerprint density at radius 2 is 2.22 bits per heavy atom. The third kappa shape index (κ3) is 3.10. The molecule has 1 aromatic carbocycles. The molecule has 2 nitrogen and oxygen atoms in total. The zero-order chi connectivity index (χ0) is 13.0. The largest absolute Gasteiger partial charge is 0.497 e. The van der Waals surface area contributed by atoms with Crippen molar-refractivity contribution in [3.8, 4) is 5.75 Å². The van der Waals surface area contributed by atoms with E-state index in [1.807, 2.05) is 0 Å². The van der Waals surface area contributed by atoms with E-state index in [0.29, 0.717) is 17.7 Å². The Labute approximate surface area is 107 Å². The minimum Gasteiger partial charge on any atom is -0.497 e. The van der Waals surface area contributed by atoms with Crippen molar-refractivity contribution >= 4 is 0 Å². The summed E-state index contributed by atoms with van der Waals surface area (Å²) < 4.78 is 18.7. The number of benzene rings is 1. The van der Waals surface area contributed by atoms with E-state index >= 15 is 0 Å². The number of allylic oxidation sites excluding steroid dienone is 1. The number of halogens is 1. The summed E-state index contributed by atoms with van der Waals surface area (Å²) in [5, 5.41) is 10.1. The molecule has 0 spiro atoms. The summed E-state index contributed by atoms with van der Waals surface area (Å²) in [6.45, 7) is 0. The van der Waals surface area contributed by atoms with Crippen molar-refractivity contribution in [3.63, 3.8) is 0 Å². The van der Waals surface area contributed by atoms with E-state index in [9.17, 15) is 9.50 Å². The fraction of sp³-hybridized carbons (Fsp3) is 0.467. The first kappa shape index (κ1) is 13.1. The van der Waals surface area contributed by atoms with Crippen LogP contribution in [0.1, 0.15) is 43.8 Å². The van der Waals surface area contributed by atoms with Gasteiger partial charge in [-0.2, -0.15) is 0 Å². The molecule has 0 amide bonds. The third-order valence-electron chi connectivity index (χ3n) is 3.41. The maximum absolute atomic E-state index is 13.8. The molecule has 0 aromatic heterocycles. The summed E-state index contributed by atoms with van der Waals surface area (Å²) in [4.78, 5) is 0. The van der Waals surface area contributed by atoms with Crippen LogP contribution in [0.4, 0.5) is 4.39 Å². The smallest absolute Gasteiger partial charge is 0.132 e. The third-order valence-corrected chi connectivity index (χ3v) is 3.41. The highest BCUT2D eigenvalue weighted by Crippen LogP contribution is 2.30. The fourth-order valence-electron chi connectivity index (χ4n) is 2.35. The highest BCUT2D eigenvalue weighted by atomic mass is 19.1. The molecular formula is C15H19FO2. The van der Waals surface area contributed by atoms with Crippen LogP contribution in [0.2, 0.25) is 0 Å². The molecule has 1 atom stereocenters. The highest BCUT2D eigenvalue weighted by Gasteiger charge is 2.16. The van der Waals surface area contributed by atoms with Crippen LogP contribution in [0, 0.1) is 5.82 Å². The summed E-state index contributed by atoms with van der Waals surface area (Å²) in [5.41, 5.74) is 1.59. The van der Waals surface area contributed by atoms with E-state index in [1.54, 1.807) is 12.1 Å². The molecule has 18 heavy (non-hydrogen) atoms. The average molecular weight is 250 g/mol. The Morgan fingerprint density at radius 3 is 2.83 bits per heavy atom. The summed E-state index contributed by atoms with van der Waals surface area (Å²) in [5.74, 6) is 0.0681. The lowest BCUT2D eigenvalue weighted by molar-refractivity contribution is 0.171. The number of methoxy groups -OCH3 is 1.